The second-order valence-electron chi connectivity index (χ2n) is 4.24. The molecule has 0 bridgehead atoms. The molecule has 0 radical (unpaired) electrons. The SMILES string of the molecule is Oc1cccc2c1OCCC2N1CCC1. The van der Waals surface area contributed by atoms with Crippen molar-refractivity contribution >= 4 is 0 Å². The number of fused-ring (bicyclic) bond motifs is 1. The predicted octanol–water partition coefficient (Wildman–Crippen LogP) is 1.92. The minimum atomic E-state index is 0.276. The quantitative estimate of drug-likeness (QED) is 0.760. The van der Waals surface area contributed by atoms with Crippen molar-refractivity contribution in [3.63, 3.8) is 0 Å². The highest BCUT2D eigenvalue weighted by molar-refractivity contribution is 5.48. The Balaban J connectivity index is 1.98. The van der Waals surface area contributed by atoms with Gasteiger partial charge in [0.25, 0.3) is 0 Å². The summed E-state index contributed by atoms with van der Waals surface area (Å²) in [6.07, 6.45) is 2.34. The fourth-order valence-corrected chi connectivity index (χ4v) is 2.42. The van der Waals surface area contributed by atoms with E-state index in [1.165, 1.54) is 19.5 Å². The van der Waals surface area contributed by atoms with Crippen molar-refractivity contribution in [1.29, 1.82) is 0 Å². The maximum Gasteiger partial charge on any atom is 0.165 e. The van der Waals surface area contributed by atoms with Crippen LogP contribution in [0.5, 0.6) is 11.5 Å². The Hall–Kier alpha value is -1.22. The van der Waals surface area contributed by atoms with Crippen molar-refractivity contribution in [3.8, 4) is 11.5 Å². The summed E-state index contributed by atoms with van der Waals surface area (Å²) in [5.74, 6) is 0.971. The van der Waals surface area contributed by atoms with E-state index in [1.807, 2.05) is 6.07 Å². The molecule has 0 amide bonds. The van der Waals surface area contributed by atoms with Crippen LogP contribution in [0, 0.1) is 0 Å². The van der Waals surface area contributed by atoms with Gasteiger partial charge in [0.1, 0.15) is 0 Å². The van der Waals surface area contributed by atoms with E-state index in [2.05, 4.69) is 11.0 Å². The van der Waals surface area contributed by atoms with Crippen molar-refractivity contribution < 1.29 is 9.84 Å². The number of nitrogens with zero attached hydrogens (tertiary/aromatic N) is 1. The number of hydrogen-bond donors (Lipinski definition) is 1. The van der Waals surface area contributed by atoms with Crippen LogP contribution in [-0.4, -0.2) is 29.7 Å². The van der Waals surface area contributed by atoms with Crippen LogP contribution in [0.25, 0.3) is 0 Å². The lowest BCUT2D eigenvalue weighted by molar-refractivity contribution is 0.0829. The summed E-state index contributed by atoms with van der Waals surface area (Å²) in [5.41, 5.74) is 1.15. The molecule has 1 saturated heterocycles. The molecule has 0 aromatic heterocycles. The Morgan fingerprint density at radius 2 is 2.20 bits per heavy atom. The fraction of sp³-hybridized carbons (Fsp3) is 0.500. The zero-order valence-electron chi connectivity index (χ0n) is 8.65. The van der Waals surface area contributed by atoms with Crippen LogP contribution in [0.15, 0.2) is 18.2 Å². The van der Waals surface area contributed by atoms with Gasteiger partial charge in [-0.2, -0.15) is 0 Å². The molecule has 0 spiro atoms. The molecule has 3 nitrogen and oxygen atoms in total. The first-order valence-electron chi connectivity index (χ1n) is 5.55. The Morgan fingerprint density at radius 1 is 1.33 bits per heavy atom. The van der Waals surface area contributed by atoms with Crippen LogP contribution < -0.4 is 4.74 Å². The fourth-order valence-electron chi connectivity index (χ4n) is 2.42. The minimum absolute atomic E-state index is 0.276. The van der Waals surface area contributed by atoms with Crippen molar-refractivity contribution in [1.82, 2.24) is 4.90 Å². The smallest absolute Gasteiger partial charge is 0.165 e. The number of phenols is 1. The molecule has 1 unspecified atom stereocenters. The van der Waals surface area contributed by atoms with Gasteiger partial charge in [-0.05, 0) is 25.6 Å². The first-order chi connectivity index (χ1) is 7.36. The average molecular weight is 205 g/mol. The lowest BCUT2D eigenvalue weighted by Gasteiger charge is -2.41. The van der Waals surface area contributed by atoms with Gasteiger partial charge in [0.15, 0.2) is 11.5 Å². The van der Waals surface area contributed by atoms with E-state index in [4.69, 9.17) is 4.74 Å². The number of likely N-dealkylation sites (tertiary alicyclic amines) is 1. The first kappa shape index (κ1) is 9.04. The van der Waals surface area contributed by atoms with Gasteiger partial charge in [-0.15, -0.1) is 0 Å². The second kappa shape index (κ2) is 3.42. The monoisotopic (exact) mass is 205 g/mol. The Labute approximate surface area is 89.3 Å². The number of ether oxygens (including phenoxy) is 1. The van der Waals surface area contributed by atoms with E-state index in [9.17, 15) is 5.11 Å². The van der Waals surface area contributed by atoms with Crippen molar-refractivity contribution in [2.24, 2.45) is 0 Å². The van der Waals surface area contributed by atoms with E-state index >= 15 is 0 Å². The molecule has 1 fully saturated rings. The van der Waals surface area contributed by atoms with Crippen molar-refractivity contribution in [2.45, 2.75) is 18.9 Å². The number of para-hydroxylation sites is 1. The normalized spacial score (nSPS) is 25.2. The van der Waals surface area contributed by atoms with E-state index in [1.54, 1.807) is 6.07 Å². The highest BCUT2D eigenvalue weighted by Gasteiger charge is 2.31. The van der Waals surface area contributed by atoms with Crippen LogP contribution in [0.1, 0.15) is 24.4 Å². The van der Waals surface area contributed by atoms with Gasteiger partial charge in [-0.25, -0.2) is 0 Å². The summed E-state index contributed by atoms with van der Waals surface area (Å²) in [6, 6.07) is 6.11. The summed E-state index contributed by atoms with van der Waals surface area (Å²) in [4.78, 5) is 2.46. The maximum absolute atomic E-state index is 9.70. The maximum atomic E-state index is 9.70. The number of phenolic OH excluding ortho intramolecular Hbond substituents is 1. The van der Waals surface area contributed by atoms with Crippen molar-refractivity contribution in [2.75, 3.05) is 19.7 Å². The summed E-state index contributed by atoms with van der Waals surface area (Å²) >= 11 is 0. The molecule has 2 aliphatic rings. The van der Waals surface area contributed by atoms with E-state index in [0.717, 1.165) is 12.0 Å². The second-order valence-corrected chi connectivity index (χ2v) is 4.24. The third kappa shape index (κ3) is 1.38. The molecule has 3 rings (SSSR count). The molecule has 0 aliphatic carbocycles. The van der Waals surface area contributed by atoms with Crippen LogP contribution >= 0.6 is 0 Å². The van der Waals surface area contributed by atoms with Gasteiger partial charge in [0.05, 0.1) is 6.61 Å². The molecule has 2 aliphatic heterocycles. The third-order valence-corrected chi connectivity index (χ3v) is 3.35. The average Bonchev–Trinajstić information content (AvgIpc) is 2.17. The molecule has 1 aromatic carbocycles. The molecular weight excluding hydrogens is 190 g/mol. The minimum Gasteiger partial charge on any atom is -0.504 e. The number of aromatic hydroxyl groups is 1. The van der Waals surface area contributed by atoms with Crippen LogP contribution in [0.3, 0.4) is 0 Å². The Bertz CT molecular complexity index is 374. The molecule has 80 valence electrons. The third-order valence-electron chi connectivity index (χ3n) is 3.35. The topological polar surface area (TPSA) is 32.7 Å². The van der Waals surface area contributed by atoms with Crippen molar-refractivity contribution in [3.05, 3.63) is 23.8 Å². The van der Waals surface area contributed by atoms with E-state index in [-0.39, 0.29) is 5.75 Å². The largest absolute Gasteiger partial charge is 0.504 e. The van der Waals surface area contributed by atoms with Gasteiger partial charge in [-0.1, -0.05) is 12.1 Å². The van der Waals surface area contributed by atoms with Gasteiger partial charge < -0.3 is 9.84 Å². The van der Waals surface area contributed by atoms with Gasteiger partial charge >= 0.3 is 0 Å². The summed E-state index contributed by atoms with van der Waals surface area (Å²) < 4.78 is 5.53. The Kier molecular flexibility index (Phi) is 2.06. The molecular formula is C12H15NO2. The van der Waals surface area contributed by atoms with E-state index in [0.29, 0.717) is 18.4 Å². The van der Waals surface area contributed by atoms with Crippen LogP contribution in [0.2, 0.25) is 0 Å². The molecule has 15 heavy (non-hydrogen) atoms. The molecule has 1 N–H and O–H groups in total. The van der Waals surface area contributed by atoms with Gasteiger partial charge in [-0.3, -0.25) is 4.90 Å². The molecule has 2 heterocycles. The summed E-state index contributed by atoms with van der Waals surface area (Å²) in [6.45, 7) is 3.07. The van der Waals surface area contributed by atoms with Gasteiger partial charge in [0.2, 0.25) is 0 Å². The number of hydrogen-bond acceptors (Lipinski definition) is 3. The molecule has 0 saturated carbocycles. The number of benzene rings is 1. The van der Waals surface area contributed by atoms with Crippen LogP contribution in [0.4, 0.5) is 0 Å². The molecule has 3 heteroatoms. The lowest BCUT2D eigenvalue weighted by atomic mass is 9.96. The first-order valence-corrected chi connectivity index (χ1v) is 5.55. The molecule has 1 atom stereocenters. The van der Waals surface area contributed by atoms with Gasteiger partial charge in [0, 0.05) is 18.0 Å². The summed E-state index contributed by atoms with van der Waals surface area (Å²) in [7, 11) is 0. The van der Waals surface area contributed by atoms with Crippen LogP contribution in [-0.2, 0) is 0 Å². The highest BCUT2D eigenvalue weighted by Crippen LogP contribution is 2.42. The highest BCUT2D eigenvalue weighted by atomic mass is 16.5. The predicted molar refractivity (Wildman–Crippen MR) is 57.1 cm³/mol. The zero-order valence-corrected chi connectivity index (χ0v) is 8.65. The summed E-state index contributed by atoms with van der Waals surface area (Å²) in [5, 5.41) is 9.70. The standard InChI is InChI=1S/C12H15NO2/c14-11-4-1-3-9-10(13-6-2-7-13)5-8-15-12(9)11/h1,3-4,10,14H,2,5-8H2. The zero-order chi connectivity index (χ0) is 10.3. The molecule has 1 aromatic rings. The Morgan fingerprint density at radius 3 is 2.93 bits per heavy atom. The number of rotatable bonds is 1. The van der Waals surface area contributed by atoms with E-state index < -0.39 is 0 Å². The lowest BCUT2D eigenvalue weighted by Crippen LogP contribution is -2.41.